The fraction of sp³-hybridized carbons (Fsp3) is 0.400. The van der Waals surface area contributed by atoms with E-state index in [1.165, 1.54) is 15.6 Å². The quantitative estimate of drug-likeness (QED) is 0.716. The molecule has 0 saturated heterocycles. The van der Waals surface area contributed by atoms with Crippen molar-refractivity contribution in [2.75, 3.05) is 6.61 Å². The Bertz CT molecular complexity index is 307. The molecule has 2 heteroatoms. The molecule has 0 unspecified atom stereocenters. The summed E-state index contributed by atoms with van der Waals surface area (Å²) in [6.45, 7) is 3.00. The highest BCUT2D eigenvalue weighted by Crippen LogP contribution is 2.32. The van der Waals surface area contributed by atoms with Gasteiger partial charge in [-0.25, -0.2) is 0 Å². The number of benzene rings is 1. The van der Waals surface area contributed by atoms with Gasteiger partial charge in [-0.2, -0.15) is 0 Å². The highest BCUT2D eigenvalue weighted by Gasteiger charge is 2.15. The smallest absolute Gasteiger partial charge is 0.125 e. The molecule has 1 heterocycles. The topological polar surface area (TPSA) is 9.23 Å². The zero-order chi connectivity index (χ0) is 8.55. The van der Waals surface area contributed by atoms with Gasteiger partial charge in [0.2, 0.25) is 0 Å². The Morgan fingerprint density at radius 2 is 2.33 bits per heavy atom. The molecule has 0 fully saturated rings. The van der Waals surface area contributed by atoms with E-state index in [0.717, 1.165) is 25.2 Å². The highest BCUT2D eigenvalue weighted by molar-refractivity contribution is 9.10. The minimum atomic E-state index is 0.846. The molecule has 0 atom stereocenters. The summed E-state index contributed by atoms with van der Waals surface area (Å²) in [4.78, 5) is 0. The number of hydrogen-bond donors (Lipinski definition) is 0. The van der Waals surface area contributed by atoms with Crippen LogP contribution in [0.1, 0.15) is 18.1 Å². The minimum absolute atomic E-state index is 0.846. The Balaban J connectivity index is 2.55. The second kappa shape index (κ2) is 3.09. The van der Waals surface area contributed by atoms with Crippen molar-refractivity contribution in [1.29, 1.82) is 0 Å². The molecule has 0 aromatic heterocycles. The first kappa shape index (κ1) is 8.11. The van der Waals surface area contributed by atoms with Crippen LogP contribution in [0, 0.1) is 0 Å². The first-order valence-corrected chi connectivity index (χ1v) is 5.04. The number of aryl methyl sites for hydroxylation is 1. The van der Waals surface area contributed by atoms with Crippen LogP contribution in [0.4, 0.5) is 0 Å². The molecule has 0 amide bonds. The van der Waals surface area contributed by atoms with Gasteiger partial charge in [0.1, 0.15) is 5.75 Å². The van der Waals surface area contributed by atoms with Crippen LogP contribution in [0.25, 0.3) is 0 Å². The van der Waals surface area contributed by atoms with Gasteiger partial charge < -0.3 is 4.74 Å². The third-order valence-electron chi connectivity index (χ3n) is 2.21. The molecule has 2 rings (SSSR count). The van der Waals surface area contributed by atoms with E-state index in [-0.39, 0.29) is 0 Å². The van der Waals surface area contributed by atoms with E-state index < -0.39 is 0 Å². The summed E-state index contributed by atoms with van der Waals surface area (Å²) in [5, 5.41) is 0. The lowest BCUT2D eigenvalue weighted by Crippen LogP contribution is -1.90. The zero-order valence-corrected chi connectivity index (χ0v) is 8.65. The number of halogens is 1. The summed E-state index contributed by atoms with van der Waals surface area (Å²) < 4.78 is 6.72. The zero-order valence-electron chi connectivity index (χ0n) is 7.06. The predicted octanol–water partition coefficient (Wildman–Crippen LogP) is 2.95. The second-order valence-electron chi connectivity index (χ2n) is 3.01. The maximum Gasteiger partial charge on any atom is 0.125 e. The fourth-order valence-corrected chi connectivity index (χ4v) is 2.16. The van der Waals surface area contributed by atoms with E-state index in [1.807, 2.05) is 0 Å². The summed E-state index contributed by atoms with van der Waals surface area (Å²) in [7, 11) is 0. The van der Waals surface area contributed by atoms with Crippen molar-refractivity contribution >= 4 is 15.9 Å². The molecular formula is C10H11BrO. The molecule has 0 N–H and O–H groups in total. The van der Waals surface area contributed by atoms with Gasteiger partial charge >= 0.3 is 0 Å². The highest BCUT2D eigenvalue weighted by atomic mass is 79.9. The van der Waals surface area contributed by atoms with E-state index in [0.29, 0.717) is 0 Å². The molecule has 0 saturated carbocycles. The van der Waals surface area contributed by atoms with Gasteiger partial charge in [-0.15, -0.1) is 0 Å². The average molecular weight is 227 g/mol. The van der Waals surface area contributed by atoms with E-state index in [9.17, 15) is 0 Å². The van der Waals surface area contributed by atoms with Gasteiger partial charge in [-0.05, 0) is 29.7 Å². The van der Waals surface area contributed by atoms with Crippen LogP contribution in [0.3, 0.4) is 0 Å². The van der Waals surface area contributed by atoms with Crippen molar-refractivity contribution < 1.29 is 4.74 Å². The third kappa shape index (κ3) is 1.24. The molecule has 0 radical (unpaired) electrons. The lowest BCUT2D eigenvalue weighted by atomic mass is 10.1. The largest absolute Gasteiger partial charge is 0.493 e. The van der Waals surface area contributed by atoms with Crippen molar-refractivity contribution in [3.05, 3.63) is 27.7 Å². The Labute approximate surface area is 80.9 Å². The maximum atomic E-state index is 5.55. The van der Waals surface area contributed by atoms with Crippen LogP contribution in [-0.4, -0.2) is 6.61 Å². The number of rotatable bonds is 1. The fourth-order valence-electron chi connectivity index (χ4n) is 1.61. The van der Waals surface area contributed by atoms with Crippen molar-refractivity contribution in [3.63, 3.8) is 0 Å². The van der Waals surface area contributed by atoms with Crippen LogP contribution in [0.2, 0.25) is 0 Å². The van der Waals surface area contributed by atoms with Crippen molar-refractivity contribution in [2.24, 2.45) is 0 Å². The summed E-state index contributed by atoms with van der Waals surface area (Å²) >= 11 is 3.50. The molecule has 1 nitrogen and oxygen atoms in total. The number of hydrogen-bond acceptors (Lipinski definition) is 1. The Hall–Kier alpha value is -0.500. The molecule has 12 heavy (non-hydrogen) atoms. The summed E-state index contributed by atoms with van der Waals surface area (Å²) in [5.74, 6) is 1.13. The average Bonchev–Trinajstić information content (AvgIpc) is 2.50. The Morgan fingerprint density at radius 3 is 3.08 bits per heavy atom. The monoisotopic (exact) mass is 226 g/mol. The van der Waals surface area contributed by atoms with Crippen molar-refractivity contribution in [3.8, 4) is 5.75 Å². The van der Waals surface area contributed by atoms with Crippen LogP contribution in [0.5, 0.6) is 5.75 Å². The minimum Gasteiger partial charge on any atom is -0.493 e. The van der Waals surface area contributed by atoms with Gasteiger partial charge in [0.05, 0.1) is 6.61 Å². The molecule has 64 valence electrons. The lowest BCUT2D eigenvalue weighted by Gasteiger charge is -2.05. The lowest BCUT2D eigenvalue weighted by molar-refractivity contribution is 0.353. The normalized spacial score (nSPS) is 14.2. The molecule has 1 aromatic rings. The Kier molecular flexibility index (Phi) is 2.09. The van der Waals surface area contributed by atoms with E-state index in [4.69, 9.17) is 4.74 Å². The third-order valence-corrected chi connectivity index (χ3v) is 2.66. The summed E-state index contributed by atoms with van der Waals surface area (Å²) in [6.07, 6.45) is 2.10. The SMILES string of the molecule is CCc1cc(Br)cc2c1OCC2. The first-order chi connectivity index (χ1) is 5.81. The second-order valence-corrected chi connectivity index (χ2v) is 3.92. The first-order valence-electron chi connectivity index (χ1n) is 4.25. The standard InChI is InChI=1S/C10H11BrO/c1-2-7-5-9(11)6-8-3-4-12-10(7)8/h5-6H,2-4H2,1H3. The van der Waals surface area contributed by atoms with Crippen LogP contribution < -0.4 is 4.74 Å². The molecule has 1 aliphatic rings. The van der Waals surface area contributed by atoms with Crippen molar-refractivity contribution in [2.45, 2.75) is 19.8 Å². The van der Waals surface area contributed by atoms with Gasteiger partial charge in [0.25, 0.3) is 0 Å². The van der Waals surface area contributed by atoms with Crippen molar-refractivity contribution in [1.82, 2.24) is 0 Å². The van der Waals surface area contributed by atoms with Crippen LogP contribution in [-0.2, 0) is 12.8 Å². The van der Waals surface area contributed by atoms with Crippen LogP contribution in [0.15, 0.2) is 16.6 Å². The molecular weight excluding hydrogens is 216 g/mol. The molecule has 1 aliphatic heterocycles. The van der Waals surface area contributed by atoms with Crippen LogP contribution >= 0.6 is 15.9 Å². The maximum absolute atomic E-state index is 5.55. The van der Waals surface area contributed by atoms with Gasteiger partial charge in [-0.3, -0.25) is 0 Å². The molecule has 0 aliphatic carbocycles. The van der Waals surface area contributed by atoms with Gasteiger partial charge in [0.15, 0.2) is 0 Å². The van der Waals surface area contributed by atoms with Gasteiger partial charge in [-0.1, -0.05) is 22.9 Å². The number of ether oxygens (including phenoxy) is 1. The Morgan fingerprint density at radius 1 is 1.50 bits per heavy atom. The predicted molar refractivity (Wildman–Crippen MR) is 52.7 cm³/mol. The van der Waals surface area contributed by atoms with E-state index in [1.54, 1.807) is 0 Å². The molecule has 0 bridgehead atoms. The summed E-state index contributed by atoms with van der Waals surface area (Å²) in [5.41, 5.74) is 2.66. The van der Waals surface area contributed by atoms with Gasteiger partial charge in [0, 0.05) is 10.9 Å². The molecule has 1 aromatic carbocycles. The molecule has 0 spiro atoms. The van der Waals surface area contributed by atoms with E-state index in [2.05, 4.69) is 35.0 Å². The van der Waals surface area contributed by atoms with E-state index >= 15 is 0 Å². The number of fused-ring (bicyclic) bond motifs is 1. The summed E-state index contributed by atoms with van der Waals surface area (Å²) in [6, 6.07) is 4.30.